The number of likely N-dealkylation sites (N-methyl/N-ethyl adjacent to an activating group) is 1. The molecule has 2 nitrogen and oxygen atoms in total. The lowest BCUT2D eigenvalue weighted by atomic mass is 9.98. The minimum atomic E-state index is -4.36. The van der Waals surface area contributed by atoms with Crippen LogP contribution in [0.15, 0.2) is 24.3 Å². The maximum absolute atomic E-state index is 13.0. The molecule has 5 heteroatoms. The summed E-state index contributed by atoms with van der Waals surface area (Å²) >= 11 is 0. The van der Waals surface area contributed by atoms with E-state index in [0.717, 1.165) is 12.5 Å². The highest BCUT2D eigenvalue weighted by Crippen LogP contribution is 2.34. The van der Waals surface area contributed by atoms with E-state index in [9.17, 15) is 13.2 Å². The van der Waals surface area contributed by atoms with E-state index in [1.54, 1.807) is 6.07 Å². The Morgan fingerprint density at radius 1 is 1.14 bits per heavy atom. The molecule has 0 radical (unpaired) electrons. The third kappa shape index (κ3) is 5.32. The molecule has 0 amide bonds. The Balaban J connectivity index is 2.83. The molecule has 0 spiro atoms. The van der Waals surface area contributed by atoms with E-state index in [-0.39, 0.29) is 11.6 Å². The number of hydrogen-bond acceptors (Lipinski definition) is 2. The van der Waals surface area contributed by atoms with Crippen LogP contribution in [0.5, 0.6) is 0 Å². The molecule has 0 saturated carbocycles. The molecule has 2 unspecified atom stereocenters. The molecule has 0 aromatic heterocycles. The van der Waals surface area contributed by atoms with Crippen LogP contribution in [0.3, 0.4) is 0 Å². The van der Waals surface area contributed by atoms with Crippen LogP contribution in [0, 0.1) is 5.92 Å². The van der Waals surface area contributed by atoms with Gasteiger partial charge < -0.3 is 10.6 Å². The standard InChI is InChI=1S/C16H25F3N2/c1-11(2)9-12(3)21(4)10-15(20)13-7-5-6-8-14(13)16(17,18)19/h5-8,11-12,15H,9-10,20H2,1-4H3. The first-order valence-electron chi connectivity index (χ1n) is 7.24. The minimum absolute atomic E-state index is 0.161. The summed E-state index contributed by atoms with van der Waals surface area (Å²) in [6, 6.07) is 5.18. The van der Waals surface area contributed by atoms with E-state index in [4.69, 9.17) is 5.73 Å². The van der Waals surface area contributed by atoms with Gasteiger partial charge in [0.15, 0.2) is 0 Å². The Kier molecular flexibility index (Phi) is 6.23. The summed E-state index contributed by atoms with van der Waals surface area (Å²) < 4.78 is 39.0. The largest absolute Gasteiger partial charge is 0.416 e. The van der Waals surface area contributed by atoms with Crippen LogP contribution in [-0.4, -0.2) is 24.5 Å². The number of halogens is 3. The summed E-state index contributed by atoms with van der Waals surface area (Å²) in [4.78, 5) is 2.03. The van der Waals surface area contributed by atoms with Crippen LogP contribution in [0.1, 0.15) is 44.4 Å². The van der Waals surface area contributed by atoms with E-state index >= 15 is 0 Å². The van der Waals surface area contributed by atoms with Gasteiger partial charge in [0, 0.05) is 18.6 Å². The van der Waals surface area contributed by atoms with Crippen LogP contribution in [-0.2, 0) is 6.18 Å². The maximum Gasteiger partial charge on any atom is 0.416 e. The molecular weight excluding hydrogens is 277 g/mol. The summed E-state index contributed by atoms with van der Waals surface area (Å²) in [6.45, 7) is 6.73. The van der Waals surface area contributed by atoms with E-state index < -0.39 is 17.8 Å². The lowest BCUT2D eigenvalue weighted by Gasteiger charge is -2.29. The van der Waals surface area contributed by atoms with Crippen molar-refractivity contribution in [3.8, 4) is 0 Å². The summed E-state index contributed by atoms with van der Waals surface area (Å²) in [7, 11) is 1.91. The number of nitrogens with two attached hydrogens (primary N) is 1. The molecular formula is C16H25F3N2. The number of nitrogens with zero attached hydrogens (tertiary/aromatic N) is 1. The van der Waals surface area contributed by atoms with Gasteiger partial charge in [-0.3, -0.25) is 0 Å². The molecule has 2 atom stereocenters. The SMILES string of the molecule is CC(C)CC(C)N(C)CC(N)c1ccccc1C(F)(F)F. The zero-order valence-electron chi connectivity index (χ0n) is 13.1. The smallest absolute Gasteiger partial charge is 0.323 e. The monoisotopic (exact) mass is 302 g/mol. The first-order chi connectivity index (χ1) is 9.62. The molecule has 1 rings (SSSR count). The van der Waals surface area contributed by atoms with Crippen LogP contribution in [0.25, 0.3) is 0 Å². The van der Waals surface area contributed by atoms with Crippen LogP contribution in [0.4, 0.5) is 13.2 Å². The first-order valence-corrected chi connectivity index (χ1v) is 7.24. The molecule has 1 aromatic rings. The van der Waals surface area contributed by atoms with Gasteiger partial charge in [-0.25, -0.2) is 0 Å². The zero-order valence-corrected chi connectivity index (χ0v) is 13.1. The second kappa shape index (κ2) is 7.27. The number of rotatable bonds is 6. The molecule has 0 saturated heterocycles. The second-order valence-electron chi connectivity index (χ2n) is 6.11. The van der Waals surface area contributed by atoms with Crippen molar-refractivity contribution in [3.05, 3.63) is 35.4 Å². The van der Waals surface area contributed by atoms with Gasteiger partial charge in [-0.05, 0) is 37.9 Å². The van der Waals surface area contributed by atoms with E-state index in [0.29, 0.717) is 12.5 Å². The third-order valence-corrected chi connectivity index (χ3v) is 3.72. The third-order valence-electron chi connectivity index (χ3n) is 3.72. The molecule has 2 N–H and O–H groups in total. The normalized spacial score (nSPS) is 15.5. The Labute approximate surface area is 125 Å². The van der Waals surface area contributed by atoms with Gasteiger partial charge in [-0.2, -0.15) is 13.2 Å². The number of alkyl halides is 3. The molecule has 0 aliphatic carbocycles. The van der Waals surface area contributed by atoms with Crippen molar-refractivity contribution in [2.45, 2.75) is 45.5 Å². The Bertz CT molecular complexity index is 443. The number of hydrogen-bond donors (Lipinski definition) is 1. The van der Waals surface area contributed by atoms with Gasteiger partial charge in [0.05, 0.1) is 5.56 Å². The molecule has 1 aromatic carbocycles. The van der Waals surface area contributed by atoms with Crippen LogP contribution >= 0.6 is 0 Å². The highest BCUT2D eigenvalue weighted by atomic mass is 19.4. The van der Waals surface area contributed by atoms with Gasteiger partial charge in [-0.15, -0.1) is 0 Å². The van der Waals surface area contributed by atoms with E-state index in [1.165, 1.54) is 12.1 Å². The fourth-order valence-corrected chi connectivity index (χ4v) is 2.53. The summed E-state index contributed by atoms with van der Waals surface area (Å²) in [5, 5.41) is 0. The number of benzene rings is 1. The zero-order chi connectivity index (χ0) is 16.2. The van der Waals surface area contributed by atoms with Crippen molar-refractivity contribution < 1.29 is 13.2 Å². The Morgan fingerprint density at radius 2 is 1.71 bits per heavy atom. The van der Waals surface area contributed by atoms with Crippen molar-refractivity contribution in [1.29, 1.82) is 0 Å². The average molecular weight is 302 g/mol. The lowest BCUT2D eigenvalue weighted by molar-refractivity contribution is -0.138. The Hall–Kier alpha value is -1.07. The first kappa shape index (κ1) is 18.0. The van der Waals surface area contributed by atoms with E-state index in [2.05, 4.69) is 20.8 Å². The molecule has 0 heterocycles. The van der Waals surface area contributed by atoms with Crippen LogP contribution < -0.4 is 5.73 Å². The average Bonchev–Trinajstić information content (AvgIpc) is 2.36. The van der Waals surface area contributed by atoms with E-state index in [1.807, 2.05) is 11.9 Å². The quantitative estimate of drug-likeness (QED) is 0.858. The predicted octanol–water partition coefficient (Wildman–Crippen LogP) is 4.07. The summed E-state index contributed by atoms with van der Waals surface area (Å²) in [5.41, 5.74) is 5.54. The highest BCUT2D eigenvalue weighted by molar-refractivity contribution is 5.32. The van der Waals surface area contributed by atoms with Gasteiger partial charge in [0.1, 0.15) is 0 Å². The maximum atomic E-state index is 13.0. The van der Waals surface area contributed by atoms with Crippen molar-refractivity contribution in [2.24, 2.45) is 11.7 Å². The van der Waals surface area contributed by atoms with Gasteiger partial charge >= 0.3 is 6.18 Å². The van der Waals surface area contributed by atoms with Crippen molar-refractivity contribution in [3.63, 3.8) is 0 Å². The fraction of sp³-hybridized carbons (Fsp3) is 0.625. The molecule has 0 aliphatic rings. The van der Waals surface area contributed by atoms with Crippen molar-refractivity contribution in [2.75, 3.05) is 13.6 Å². The van der Waals surface area contributed by atoms with Crippen LogP contribution in [0.2, 0.25) is 0 Å². The molecule has 0 fully saturated rings. The van der Waals surface area contributed by atoms with Gasteiger partial charge in [0.25, 0.3) is 0 Å². The van der Waals surface area contributed by atoms with Crippen molar-refractivity contribution in [1.82, 2.24) is 4.90 Å². The topological polar surface area (TPSA) is 29.3 Å². The lowest BCUT2D eigenvalue weighted by Crippen LogP contribution is -2.36. The predicted molar refractivity (Wildman–Crippen MR) is 79.9 cm³/mol. The summed E-state index contributed by atoms with van der Waals surface area (Å²) in [5.74, 6) is 0.543. The second-order valence-corrected chi connectivity index (χ2v) is 6.11. The summed E-state index contributed by atoms with van der Waals surface area (Å²) in [6.07, 6.45) is -3.37. The molecule has 120 valence electrons. The van der Waals surface area contributed by atoms with Gasteiger partial charge in [0.2, 0.25) is 0 Å². The fourth-order valence-electron chi connectivity index (χ4n) is 2.53. The Morgan fingerprint density at radius 3 is 2.24 bits per heavy atom. The highest BCUT2D eigenvalue weighted by Gasteiger charge is 2.34. The van der Waals surface area contributed by atoms with Gasteiger partial charge in [-0.1, -0.05) is 32.0 Å². The molecule has 21 heavy (non-hydrogen) atoms. The molecule has 0 aliphatic heterocycles. The van der Waals surface area contributed by atoms with Crippen molar-refractivity contribution >= 4 is 0 Å². The minimum Gasteiger partial charge on any atom is -0.323 e. The molecule has 0 bridgehead atoms.